The topological polar surface area (TPSA) is 23.6 Å². The van der Waals surface area contributed by atoms with E-state index in [2.05, 4.69) is 16.8 Å². The second-order valence-electron chi connectivity index (χ2n) is 6.42. The molecule has 1 saturated heterocycles. The van der Waals surface area contributed by atoms with Crippen LogP contribution in [0.3, 0.4) is 0 Å². The molecule has 0 spiro atoms. The lowest BCUT2D eigenvalue weighted by Gasteiger charge is -2.32. The lowest BCUT2D eigenvalue weighted by atomic mass is 10.0. The number of rotatable bonds is 6. The first-order valence-electron chi connectivity index (χ1n) is 8.73. The van der Waals surface area contributed by atoms with Crippen molar-refractivity contribution in [1.29, 1.82) is 0 Å². The van der Waals surface area contributed by atoms with Gasteiger partial charge in [-0.2, -0.15) is 0 Å². The van der Waals surface area contributed by atoms with E-state index in [1.807, 2.05) is 60.8 Å². The fraction of sp³-hybridized carbons (Fsp3) is 0.286. The van der Waals surface area contributed by atoms with Crippen molar-refractivity contribution in [2.45, 2.75) is 4.90 Å². The van der Waals surface area contributed by atoms with Crippen LogP contribution in [0.2, 0.25) is 5.02 Å². The Morgan fingerprint density at radius 1 is 1.08 bits per heavy atom. The number of ketones is 1. The molecule has 5 heteroatoms. The molecule has 0 amide bonds. The molecule has 1 aliphatic rings. The molecule has 0 bridgehead atoms. The monoisotopic (exact) mass is 386 g/mol. The predicted molar refractivity (Wildman–Crippen MR) is 111 cm³/mol. The minimum atomic E-state index is 0.125. The highest BCUT2D eigenvalue weighted by Gasteiger charge is 2.17. The number of carbonyl (C=O) groups excluding carboxylic acids is 1. The second-order valence-corrected chi connectivity index (χ2v) is 7.90. The number of thioether (sulfide) groups is 1. The largest absolute Gasteiger partial charge is 0.374 e. The summed E-state index contributed by atoms with van der Waals surface area (Å²) in [4.78, 5) is 18.6. The van der Waals surface area contributed by atoms with E-state index in [4.69, 9.17) is 11.6 Å². The molecular formula is C21H23ClN2OS. The molecule has 0 radical (unpaired) electrons. The highest BCUT2D eigenvalue weighted by atomic mass is 35.5. The number of piperazine rings is 1. The third kappa shape index (κ3) is 5.37. The maximum atomic E-state index is 13.0. The third-order valence-electron chi connectivity index (χ3n) is 4.40. The third-order valence-corrected chi connectivity index (χ3v) is 5.65. The normalized spacial score (nSPS) is 15.9. The van der Waals surface area contributed by atoms with Gasteiger partial charge in [0.15, 0.2) is 5.78 Å². The molecular weight excluding hydrogens is 364 g/mol. The van der Waals surface area contributed by atoms with E-state index in [0.29, 0.717) is 10.8 Å². The van der Waals surface area contributed by atoms with Gasteiger partial charge in [-0.05, 0) is 36.9 Å². The molecule has 1 heterocycles. The maximum Gasteiger partial charge on any atom is 0.175 e. The maximum absolute atomic E-state index is 13.0. The first kappa shape index (κ1) is 19.0. The van der Waals surface area contributed by atoms with Crippen molar-refractivity contribution >= 4 is 34.7 Å². The van der Waals surface area contributed by atoms with E-state index in [1.165, 1.54) is 0 Å². The Kier molecular flexibility index (Phi) is 6.78. The number of benzene rings is 2. The summed E-state index contributed by atoms with van der Waals surface area (Å²) >= 11 is 7.73. The van der Waals surface area contributed by atoms with Gasteiger partial charge >= 0.3 is 0 Å². The summed E-state index contributed by atoms with van der Waals surface area (Å²) in [5, 5.41) is 0.648. The number of likely N-dealkylation sites (N-methyl/N-ethyl adjacent to an activating group) is 1. The quantitative estimate of drug-likeness (QED) is 0.545. The number of nitrogens with zero attached hydrogens (tertiary/aromatic N) is 2. The van der Waals surface area contributed by atoms with Crippen LogP contribution in [0.4, 0.5) is 0 Å². The Bertz CT molecular complexity index is 771. The number of Topliss-reactive ketones (excluding diaryl/α,β-unsaturated/α-hetero) is 1. The Morgan fingerprint density at radius 3 is 2.50 bits per heavy atom. The van der Waals surface area contributed by atoms with Gasteiger partial charge in [-0.15, -0.1) is 11.8 Å². The Hall–Kier alpha value is -1.75. The van der Waals surface area contributed by atoms with Crippen molar-refractivity contribution < 1.29 is 4.79 Å². The Morgan fingerprint density at radius 2 is 1.81 bits per heavy atom. The van der Waals surface area contributed by atoms with Crippen LogP contribution < -0.4 is 0 Å². The van der Waals surface area contributed by atoms with Gasteiger partial charge in [0.1, 0.15) is 0 Å². The summed E-state index contributed by atoms with van der Waals surface area (Å²) in [5.41, 5.74) is 1.62. The van der Waals surface area contributed by atoms with Crippen molar-refractivity contribution in [3.05, 3.63) is 71.4 Å². The summed E-state index contributed by atoms with van der Waals surface area (Å²) in [6.07, 6.45) is 2.02. The standard InChI is InChI=1S/C21H23ClN2OS/c1-23-10-12-24(13-11-23)15-20(17-6-5-7-18(22)14-17)21(25)16-26-19-8-3-2-4-9-19/h2-9,14-15H,10-13,16H2,1H3. The van der Waals surface area contributed by atoms with Crippen molar-refractivity contribution in [2.24, 2.45) is 0 Å². The molecule has 2 aromatic rings. The van der Waals surface area contributed by atoms with E-state index in [9.17, 15) is 4.79 Å². The molecule has 0 aromatic heterocycles. The molecule has 3 nitrogen and oxygen atoms in total. The first-order chi connectivity index (χ1) is 12.6. The molecule has 0 unspecified atom stereocenters. The molecule has 0 aliphatic carbocycles. The van der Waals surface area contributed by atoms with E-state index >= 15 is 0 Å². The van der Waals surface area contributed by atoms with Crippen molar-refractivity contribution in [1.82, 2.24) is 9.80 Å². The van der Waals surface area contributed by atoms with Crippen LogP contribution in [-0.4, -0.2) is 54.6 Å². The van der Waals surface area contributed by atoms with Crippen molar-refractivity contribution in [3.8, 4) is 0 Å². The number of allylic oxidation sites excluding steroid dienone is 1. The zero-order chi connectivity index (χ0) is 18.4. The van der Waals surface area contributed by atoms with Gasteiger partial charge in [0, 0.05) is 47.9 Å². The molecule has 0 atom stereocenters. The first-order valence-corrected chi connectivity index (χ1v) is 10.1. The highest BCUT2D eigenvalue weighted by molar-refractivity contribution is 8.00. The van der Waals surface area contributed by atoms with Crippen LogP contribution >= 0.6 is 23.4 Å². The van der Waals surface area contributed by atoms with Gasteiger partial charge in [0.05, 0.1) is 5.75 Å². The fourth-order valence-electron chi connectivity index (χ4n) is 2.84. The summed E-state index contributed by atoms with van der Waals surface area (Å²) in [7, 11) is 2.13. The molecule has 1 aliphatic heterocycles. The van der Waals surface area contributed by atoms with Crippen LogP contribution in [0.1, 0.15) is 5.56 Å². The lowest BCUT2D eigenvalue weighted by molar-refractivity contribution is -0.111. The average Bonchev–Trinajstić information content (AvgIpc) is 2.66. The van der Waals surface area contributed by atoms with Crippen LogP contribution in [-0.2, 0) is 4.79 Å². The van der Waals surface area contributed by atoms with Crippen molar-refractivity contribution in [2.75, 3.05) is 39.0 Å². The van der Waals surface area contributed by atoms with Gasteiger partial charge < -0.3 is 9.80 Å². The number of hydrogen-bond acceptors (Lipinski definition) is 4. The van der Waals surface area contributed by atoms with Crippen molar-refractivity contribution in [3.63, 3.8) is 0 Å². The molecule has 3 rings (SSSR count). The van der Waals surface area contributed by atoms with E-state index in [-0.39, 0.29) is 5.78 Å². The number of hydrogen-bond donors (Lipinski definition) is 0. The molecule has 1 fully saturated rings. The van der Waals surface area contributed by atoms with Gasteiger partial charge in [0.25, 0.3) is 0 Å². The lowest BCUT2D eigenvalue weighted by Crippen LogP contribution is -2.42. The number of carbonyl (C=O) groups is 1. The summed E-state index contributed by atoms with van der Waals surface area (Å²) in [6.45, 7) is 3.87. The predicted octanol–water partition coefficient (Wildman–Crippen LogP) is 4.29. The number of halogens is 1. The van der Waals surface area contributed by atoms with Crippen LogP contribution in [0.5, 0.6) is 0 Å². The van der Waals surface area contributed by atoms with Gasteiger partial charge in [0.2, 0.25) is 0 Å². The SMILES string of the molecule is CN1CCN(C=C(C(=O)CSc2ccccc2)c2cccc(Cl)c2)CC1. The molecule has 0 N–H and O–H groups in total. The van der Waals surface area contributed by atoms with E-state index in [0.717, 1.165) is 42.2 Å². The summed E-state index contributed by atoms with van der Waals surface area (Å²) < 4.78 is 0. The Labute approximate surface area is 164 Å². The Balaban J connectivity index is 1.79. The van der Waals surface area contributed by atoms with Crippen LogP contribution in [0, 0.1) is 0 Å². The van der Waals surface area contributed by atoms with Gasteiger partial charge in [-0.25, -0.2) is 0 Å². The fourth-order valence-corrected chi connectivity index (χ4v) is 3.83. The van der Waals surface area contributed by atoms with Gasteiger partial charge in [-0.1, -0.05) is 41.9 Å². The summed E-state index contributed by atoms with van der Waals surface area (Å²) in [5.74, 6) is 0.538. The minimum absolute atomic E-state index is 0.125. The zero-order valence-corrected chi connectivity index (χ0v) is 16.5. The van der Waals surface area contributed by atoms with Crippen LogP contribution in [0.25, 0.3) is 5.57 Å². The summed E-state index contributed by atoms with van der Waals surface area (Å²) in [6, 6.07) is 17.6. The smallest absolute Gasteiger partial charge is 0.175 e. The minimum Gasteiger partial charge on any atom is -0.374 e. The van der Waals surface area contributed by atoms with E-state index in [1.54, 1.807) is 11.8 Å². The average molecular weight is 387 g/mol. The van der Waals surface area contributed by atoms with Gasteiger partial charge in [-0.3, -0.25) is 4.79 Å². The van der Waals surface area contributed by atoms with E-state index < -0.39 is 0 Å². The highest BCUT2D eigenvalue weighted by Crippen LogP contribution is 2.25. The second kappa shape index (κ2) is 9.26. The van der Waals surface area contributed by atoms with Crippen LogP contribution in [0.15, 0.2) is 65.7 Å². The molecule has 2 aromatic carbocycles. The molecule has 26 heavy (non-hydrogen) atoms. The zero-order valence-electron chi connectivity index (χ0n) is 14.9. The molecule has 136 valence electrons. The molecule has 0 saturated carbocycles.